The van der Waals surface area contributed by atoms with Crippen LogP contribution in [-0.4, -0.2) is 52.3 Å². The Bertz CT molecular complexity index is 467. The number of aliphatic imine (C=N–C) groups is 1. The number of rotatable bonds is 8. The van der Waals surface area contributed by atoms with E-state index in [1.165, 1.54) is 0 Å². The van der Waals surface area contributed by atoms with Crippen molar-refractivity contribution in [2.45, 2.75) is 13.0 Å². The van der Waals surface area contributed by atoms with E-state index < -0.39 is 0 Å². The van der Waals surface area contributed by atoms with E-state index in [4.69, 9.17) is 15.2 Å². The van der Waals surface area contributed by atoms with Gasteiger partial charge in [0, 0.05) is 6.54 Å². The van der Waals surface area contributed by atoms with Crippen LogP contribution >= 0.6 is 24.0 Å². The summed E-state index contributed by atoms with van der Waals surface area (Å²) in [6.07, 6.45) is 1.03. The van der Waals surface area contributed by atoms with Crippen molar-refractivity contribution in [1.82, 2.24) is 10.2 Å². The van der Waals surface area contributed by atoms with Gasteiger partial charge in [-0.1, -0.05) is 6.07 Å². The molecule has 0 atom stereocenters. The topological polar surface area (TPSA) is 72.1 Å². The first-order valence-corrected chi connectivity index (χ1v) is 6.96. The van der Waals surface area contributed by atoms with Crippen molar-refractivity contribution >= 4 is 29.9 Å². The number of benzene rings is 1. The Morgan fingerprint density at radius 2 is 1.91 bits per heavy atom. The molecule has 0 spiro atoms. The molecule has 7 heteroatoms. The van der Waals surface area contributed by atoms with Crippen molar-refractivity contribution in [2.75, 3.05) is 41.4 Å². The largest absolute Gasteiger partial charge is 0.493 e. The predicted octanol–water partition coefficient (Wildman–Crippen LogP) is 1.68. The molecule has 0 heterocycles. The van der Waals surface area contributed by atoms with Gasteiger partial charge in [0.1, 0.15) is 0 Å². The van der Waals surface area contributed by atoms with E-state index in [9.17, 15) is 0 Å². The summed E-state index contributed by atoms with van der Waals surface area (Å²) in [5.41, 5.74) is 6.85. The molecule has 0 radical (unpaired) electrons. The maximum Gasteiger partial charge on any atom is 0.188 e. The van der Waals surface area contributed by atoms with E-state index in [-0.39, 0.29) is 24.0 Å². The number of ether oxygens (including phenoxy) is 2. The molecule has 22 heavy (non-hydrogen) atoms. The average Bonchev–Trinajstić information content (AvgIpc) is 2.48. The van der Waals surface area contributed by atoms with Crippen molar-refractivity contribution in [2.24, 2.45) is 10.7 Å². The van der Waals surface area contributed by atoms with Gasteiger partial charge in [-0.2, -0.15) is 0 Å². The third-order valence-corrected chi connectivity index (χ3v) is 2.97. The van der Waals surface area contributed by atoms with E-state index in [2.05, 4.69) is 29.3 Å². The molecule has 6 nitrogen and oxygen atoms in total. The third-order valence-electron chi connectivity index (χ3n) is 2.97. The van der Waals surface area contributed by atoms with Crippen LogP contribution in [-0.2, 0) is 6.54 Å². The molecule has 0 aliphatic heterocycles. The summed E-state index contributed by atoms with van der Waals surface area (Å²) < 4.78 is 10.5. The van der Waals surface area contributed by atoms with E-state index in [0.29, 0.717) is 24.0 Å². The quantitative estimate of drug-likeness (QED) is 0.289. The summed E-state index contributed by atoms with van der Waals surface area (Å²) in [5.74, 6) is 1.87. The van der Waals surface area contributed by atoms with Gasteiger partial charge in [0.05, 0.1) is 20.8 Å². The summed E-state index contributed by atoms with van der Waals surface area (Å²) in [4.78, 5) is 6.45. The molecular formula is C15H27IN4O2. The summed E-state index contributed by atoms with van der Waals surface area (Å²) in [7, 11) is 7.33. The number of hydrogen-bond donors (Lipinski definition) is 2. The lowest BCUT2D eigenvalue weighted by Gasteiger charge is -2.10. The molecule has 0 bridgehead atoms. The highest BCUT2D eigenvalue weighted by Gasteiger charge is 2.04. The van der Waals surface area contributed by atoms with Gasteiger partial charge in [-0.05, 0) is 44.8 Å². The SMILES string of the molecule is COc1ccc(CN=C(N)NCCCN(C)C)cc1OC.I. The average molecular weight is 422 g/mol. The first-order chi connectivity index (χ1) is 10.1. The van der Waals surface area contributed by atoms with Gasteiger partial charge in [0.25, 0.3) is 0 Å². The van der Waals surface area contributed by atoms with Crippen LogP contribution in [0.15, 0.2) is 23.2 Å². The molecule has 126 valence electrons. The minimum absolute atomic E-state index is 0. The number of nitrogens with one attached hydrogen (secondary N) is 1. The first kappa shape index (κ1) is 20.8. The molecule has 0 saturated carbocycles. The van der Waals surface area contributed by atoms with Gasteiger partial charge in [0.2, 0.25) is 0 Å². The number of halogens is 1. The lowest BCUT2D eigenvalue weighted by atomic mass is 10.2. The standard InChI is InChI=1S/C15H26N4O2.HI/c1-19(2)9-5-8-17-15(16)18-11-12-6-7-13(20-3)14(10-12)21-4;/h6-7,10H,5,8-9,11H2,1-4H3,(H3,16,17,18);1H. The Hall–Kier alpha value is -1.22. The van der Waals surface area contributed by atoms with Gasteiger partial charge >= 0.3 is 0 Å². The Morgan fingerprint density at radius 1 is 1.23 bits per heavy atom. The molecular weight excluding hydrogens is 395 g/mol. The highest BCUT2D eigenvalue weighted by Crippen LogP contribution is 2.27. The predicted molar refractivity (Wildman–Crippen MR) is 101 cm³/mol. The van der Waals surface area contributed by atoms with Gasteiger partial charge < -0.3 is 25.4 Å². The highest BCUT2D eigenvalue weighted by atomic mass is 127. The zero-order chi connectivity index (χ0) is 15.7. The lowest BCUT2D eigenvalue weighted by Crippen LogP contribution is -2.33. The van der Waals surface area contributed by atoms with Crippen molar-refractivity contribution < 1.29 is 9.47 Å². The molecule has 0 saturated heterocycles. The Morgan fingerprint density at radius 3 is 2.50 bits per heavy atom. The van der Waals surface area contributed by atoms with Crippen molar-refractivity contribution in [1.29, 1.82) is 0 Å². The highest BCUT2D eigenvalue weighted by molar-refractivity contribution is 14.0. The molecule has 0 unspecified atom stereocenters. The fourth-order valence-electron chi connectivity index (χ4n) is 1.82. The van der Waals surface area contributed by atoms with Gasteiger partial charge in [-0.25, -0.2) is 4.99 Å². The van der Waals surface area contributed by atoms with Crippen LogP contribution in [0.25, 0.3) is 0 Å². The maximum absolute atomic E-state index is 5.83. The van der Waals surface area contributed by atoms with Crippen molar-refractivity contribution in [3.63, 3.8) is 0 Å². The van der Waals surface area contributed by atoms with Gasteiger partial charge in [0.15, 0.2) is 17.5 Å². The summed E-state index contributed by atoms with van der Waals surface area (Å²) in [5, 5.41) is 3.10. The second-order valence-corrected chi connectivity index (χ2v) is 4.97. The summed E-state index contributed by atoms with van der Waals surface area (Å²) in [6.45, 7) is 2.35. The van der Waals surface area contributed by atoms with Crippen molar-refractivity contribution in [3.8, 4) is 11.5 Å². The molecule has 1 aromatic rings. The minimum atomic E-state index is 0. The molecule has 0 aliphatic rings. The lowest BCUT2D eigenvalue weighted by molar-refractivity contribution is 0.354. The number of nitrogens with zero attached hydrogens (tertiary/aromatic N) is 2. The van der Waals surface area contributed by atoms with Crippen LogP contribution in [0.3, 0.4) is 0 Å². The number of nitrogens with two attached hydrogens (primary N) is 1. The van der Waals surface area contributed by atoms with Crippen LogP contribution in [0.5, 0.6) is 11.5 Å². The van der Waals surface area contributed by atoms with E-state index in [1.54, 1.807) is 14.2 Å². The normalized spacial score (nSPS) is 11.0. The minimum Gasteiger partial charge on any atom is -0.493 e. The Balaban J connectivity index is 0.00000441. The maximum atomic E-state index is 5.83. The molecule has 3 N–H and O–H groups in total. The molecule has 0 aliphatic carbocycles. The smallest absolute Gasteiger partial charge is 0.188 e. The first-order valence-electron chi connectivity index (χ1n) is 6.96. The Kier molecular flexibility index (Phi) is 10.7. The fourth-order valence-corrected chi connectivity index (χ4v) is 1.82. The van der Waals surface area contributed by atoms with Crippen LogP contribution < -0.4 is 20.5 Å². The van der Waals surface area contributed by atoms with Crippen LogP contribution in [0.1, 0.15) is 12.0 Å². The van der Waals surface area contributed by atoms with Gasteiger partial charge in [-0.15, -0.1) is 24.0 Å². The van der Waals surface area contributed by atoms with Crippen LogP contribution in [0, 0.1) is 0 Å². The zero-order valence-corrected chi connectivity index (χ0v) is 16.1. The van der Waals surface area contributed by atoms with E-state index in [0.717, 1.165) is 25.1 Å². The monoisotopic (exact) mass is 422 g/mol. The molecule has 0 amide bonds. The van der Waals surface area contributed by atoms with Crippen molar-refractivity contribution in [3.05, 3.63) is 23.8 Å². The van der Waals surface area contributed by atoms with Gasteiger partial charge in [-0.3, -0.25) is 0 Å². The summed E-state index contributed by atoms with van der Waals surface area (Å²) >= 11 is 0. The number of guanidine groups is 1. The third kappa shape index (κ3) is 7.69. The molecule has 1 rings (SSSR count). The zero-order valence-electron chi connectivity index (χ0n) is 13.8. The number of hydrogen-bond acceptors (Lipinski definition) is 4. The number of methoxy groups -OCH3 is 2. The fraction of sp³-hybridized carbons (Fsp3) is 0.533. The van der Waals surface area contributed by atoms with Crippen LogP contribution in [0.4, 0.5) is 0 Å². The van der Waals surface area contributed by atoms with E-state index in [1.807, 2.05) is 18.2 Å². The second kappa shape index (κ2) is 11.4. The molecule has 0 fully saturated rings. The second-order valence-electron chi connectivity index (χ2n) is 4.97. The van der Waals surface area contributed by atoms with Crippen LogP contribution in [0.2, 0.25) is 0 Å². The molecule has 0 aromatic heterocycles. The molecule has 1 aromatic carbocycles. The van der Waals surface area contributed by atoms with E-state index >= 15 is 0 Å². The Labute approximate surface area is 150 Å². The summed E-state index contributed by atoms with van der Waals surface area (Å²) in [6, 6.07) is 5.72.